The second-order valence-corrected chi connectivity index (χ2v) is 8.49. The normalized spacial score (nSPS) is 18.2. The van der Waals surface area contributed by atoms with Gasteiger partial charge in [0.05, 0.1) is 20.8 Å². The van der Waals surface area contributed by atoms with E-state index < -0.39 is 0 Å². The highest BCUT2D eigenvalue weighted by atomic mass is 32.2. The summed E-state index contributed by atoms with van der Waals surface area (Å²) in [6, 6.07) is 5.34. The fraction of sp³-hybridized carbons (Fsp3) is 0.556. The predicted octanol–water partition coefficient (Wildman–Crippen LogP) is 3.39. The average Bonchev–Trinajstić information content (AvgIpc) is 3.19. The first-order chi connectivity index (χ1) is 12.2. The molecule has 0 N–H and O–H groups in total. The Morgan fingerprint density at radius 1 is 1.24 bits per heavy atom. The van der Waals surface area contributed by atoms with E-state index in [4.69, 9.17) is 9.47 Å². The lowest BCUT2D eigenvalue weighted by molar-refractivity contribution is 0.0698. The second kappa shape index (κ2) is 8.85. The average molecular weight is 381 g/mol. The van der Waals surface area contributed by atoms with Crippen LogP contribution in [0.1, 0.15) is 23.2 Å². The molecule has 0 aromatic heterocycles. The van der Waals surface area contributed by atoms with Crippen LogP contribution in [0.3, 0.4) is 0 Å². The van der Waals surface area contributed by atoms with Gasteiger partial charge in [-0.2, -0.15) is 0 Å². The van der Waals surface area contributed by atoms with Crippen LogP contribution in [0.15, 0.2) is 23.2 Å². The molecular formula is C18H24N2O3S2. The number of amides is 1. The summed E-state index contributed by atoms with van der Waals surface area (Å²) in [5.41, 5.74) is 0.626. The van der Waals surface area contributed by atoms with Crippen LogP contribution in [0, 0.1) is 5.92 Å². The molecule has 0 radical (unpaired) electrons. The van der Waals surface area contributed by atoms with E-state index in [-0.39, 0.29) is 5.91 Å². The SMILES string of the molecule is COc1cc(OC)cc(C(=O)N2CCC(CSC3=NCCS3)CC2)c1. The number of carbonyl (C=O) groups is 1. The zero-order chi connectivity index (χ0) is 17.6. The molecule has 1 aromatic carbocycles. The molecule has 1 amide bonds. The van der Waals surface area contributed by atoms with Gasteiger partial charge in [-0.1, -0.05) is 23.5 Å². The molecule has 1 aromatic rings. The van der Waals surface area contributed by atoms with Gasteiger partial charge in [0.15, 0.2) is 0 Å². The van der Waals surface area contributed by atoms with Crippen molar-refractivity contribution in [1.82, 2.24) is 4.90 Å². The van der Waals surface area contributed by atoms with Gasteiger partial charge < -0.3 is 14.4 Å². The van der Waals surface area contributed by atoms with Crippen molar-refractivity contribution < 1.29 is 14.3 Å². The third-order valence-corrected chi connectivity index (χ3v) is 6.98. The number of carbonyl (C=O) groups excluding carboxylic acids is 1. The van der Waals surface area contributed by atoms with Crippen LogP contribution in [-0.4, -0.2) is 60.5 Å². The molecule has 5 nitrogen and oxygen atoms in total. The van der Waals surface area contributed by atoms with Crippen molar-refractivity contribution in [2.24, 2.45) is 10.9 Å². The third-order valence-electron chi connectivity index (χ3n) is 4.50. The van der Waals surface area contributed by atoms with Crippen molar-refractivity contribution in [2.45, 2.75) is 12.8 Å². The van der Waals surface area contributed by atoms with E-state index in [1.807, 2.05) is 28.4 Å². The number of benzene rings is 1. The molecule has 0 aliphatic carbocycles. The maximum Gasteiger partial charge on any atom is 0.254 e. The van der Waals surface area contributed by atoms with Crippen LogP contribution in [-0.2, 0) is 0 Å². The Bertz CT molecular complexity index is 621. The minimum absolute atomic E-state index is 0.0547. The Morgan fingerprint density at radius 3 is 2.48 bits per heavy atom. The van der Waals surface area contributed by atoms with E-state index in [1.54, 1.807) is 32.4 Å². The molecule has 25 heavy (non-hydrogen) atoms. The van der Waals surface area contributed by atoms with Crippen LogP contribution in [0.25, 0.3) is 0 Å². The molecule has 2 aliphatic heterocycles. The van der Waals surface area contributed by atoms with Crippen molar-refractivity contribution in [3.63, 3.8) is 0 Å². The first-order valence-corrected chi connectivity index (χ1v) is 10.5. The molecule has 1 fully saturated rings. The van der Waals surface area contributed by atoms with Crippen molar-refractivity contribution in [3.05, 3.63) is 23.8 Å². The van der Waals surface area contributed by atoms with Gasteiger partial charge in [-0.15, -0.1) is 0 Å². The van der Waals surface area contributed by atoms with E-state index in [0.717, 1.165) is 44.0 Å². The molecule has 136 valence electrons. The Morgan fingerprint density at radius 2 is 1.92 bits per heavy atom. The number of methoxy groups -OCH3 is 2. The van der Waals surface area contributed by atoms with Crippen LogP contribution in [0.5, 0.6) is 11.5 Å². The Labute approximate surface area is 157 Å². The van der Waals surface area contributed by atoms with Gasteiger partial charge in [-0.05, 0) is 30.9 Å². The minimum Gasteiger partial charge on any atom is -0.497 e. The number of thioether (sulfide) groups is 2. The zero-order valence-corrected chi connectivity index (χ0v) is 16.3. The van der Waals surface area contributed by atoms with Gasteiger partial charge in [0.2, 0.25) is 0 Å². The summed E-state index contributed by atoms with van der Waals surface area (Å²) in [4.78, 5) is 19.2. The summed E-state index contributed by atoms with van der Waals surface area (Å²) in [6.45, 7) is 2.58. The summed E-state index contributed by atoms with van der Waals surface area (Å²) in [5.74, 6) is 4.24. The van der Waals surface area contributed by atoms with E-state index >= 15 is 0 Å². The molecule has 0 bridgehead atoms. The summed E-state index contributed by atoms with van der Waals surface area (Å²) < 4.78 is 11.8. The maximum atomic E-state index is 12.8. The fourth-order valence-electron chi connectivity index (χ4n) is 3.01. The molecule has 0 unspecified atom stereocenters. The number of rotatable bonds is 5. The van der Waals surface area contributed by atoms with Gasteiger partial charge in [0.1, 0.15) is 15.9 Å². The van der Waals surface area contributed by atoms with E-state index in [0.29, 0.717) is 23.0 Å². The molecule has 0 spiro atoms. The third kappa shape index (κ3) is 4.85. The number of hydrogen-bond donors (Lipinski definition) is 0. The largest absolute Gasteiger partial charge is 0.497 e. The molecule has 0 atom stereocenters. The van der Waals surface area contributed by atoms with Crippen molar-refractivity contribution in [1.29, 1.82) is 0 Å². The van der Waals surface area contributed by atoms with Gasteiger partial charge in [-0.3, -0.25) is 9.79 Å². The number of nitrogens with zero attached hydrogens (tertiary/aromatic N) is 2. The monoisotopic (exact) mass is 380 g/mol. The molecule has 2 aliphatic rings. The van der Waals surface area contributed by atoms with Gasteiger partial charge in [0.25, 0.3) is 5.91 Å². The predicted molar refractivity (Wildman–Crippen MR) is 105 cm³/mol. The van der Waals surface area contributed by atoms with E-state index in [2.05, 4.69) is 4.99 Å². The second-order valence-electron chi connectivity index (χ2n) is 6.14. The first kappa shape index (κ1) is 18.5. The fourth-order valence-corrected chi connectivity index (χ4v) is 5.23. The van der Waals surface area contributed by atoms with Crippen LogP contribution < -0.4 is 9.47 Å². The van der Waals surface area contributed by atoms with Crippen LogP contribution in [0.2, 0.25) is 0 Å². The molecule has 1 saturated heterocycles. The minimum atomic E-state index is 0.0547. The lowest BCUT2D eigenvalue weighted by Crippen LogP contribution is -2.39. The molecular weight excluding hydrogens is 356 g/mol. The Balaban J connectivity index is 1.54. The number of hydrogen-bond acceptors (Lipinski definition) is 6. The summed E-state index contributed by atoms with van der Waals surface area (Å²) in [6.07, 6.45) is 2.11. The summed E-state index contributed by atoms with van der Waals surface area (Å²) in [7, 11) is 3.19. The lowest BCUT2D eigenvalue weighted by atomic mass is 9.98. The zero-order valence-electron chi connectivity index (χ0n) is 14.7. The Kier molecular flexibility index (Phi) is 6.53. The quantitative estimate of drug-likeness (QED) is 0.784. The van der Waals surface area contributed by atoms with Crippen LogP contribution >= 0.6 is 23.5 Å². The standard InChI is InChI=1S/C18H24N2O3S2/c1-22-15-9-14(10-16(11-15)23-2)17(21)20-6-3-13(4-7-20)12-25-18-19-5-8-24-18/h9-11,13H,3-8,12H2,1-2H3. The number of piperidine rings is 1. The smallest absolute Gasteiger partial charge is 0.254 e. The van der Waals surface area contributed by atoms with Gasteiger partial charge >= 0.3 is 0 Å². The van der Waals surface area contributed by atoms with Crippen LogP contribution in [0.4, 0.5) is 0 Å². The summed E-state index contributed by atoms with van der Waals surface area (Å²) >= 11 is 3.75. The maximum absolute atomic E-state index is 12.8. The number of likely N-dealkylation sites (tertiary alicyclic amines) is 1. The van der Waals surface area contributed by atoms with Crippen molar-refractivity contribution in [3.8, 4) is 11.5 Å². The van der Waals surface area contributed by atoms with Crippen molar-refractivity contribution in [2.75, 3.05) is 45.4 Å². The highest BCUT2D eigenvalue weighted by Crippen LogP contribution is 2.29. The molecule has 0 saturated carbocycles. The van der Waals surface area contributed by atoms with Crippen molar-refractivity contribution >= 4 is 33.8 Å². The molecule has 7 heteroatoms. The summed E-state index contributed by atoms with van der Waals surface area (Å²) in [5, 5.41) is 0. The highest BCUT2D eigenvalue weighted by Gasteiger charge is 2.25. The van der Waals surface area contributed by atoms with Gasteiger partial charge in [0, 0.05) is 36.2 Å². The number of ether oxygens (including phenoxy) is 2. The van der Waals surface area contributed by atoms with E-state index in [1.165, 1.54) is 4.38 Å². The Hall–Kier alpha value is -1.34. The highest BCUT2D eigenvalue weighted by molar-refractivity contribution is 8.39. The van der Waals surface area contributed by atoms with Gasteiger partial charge in [-0.25, -0.2) is 0 Å². The molecule has 2 heterocycles. The topological polar surface area (TPSA) is 51.1 Å². The van der Waals surface area contributed by atoms with E-state index in [9.17, 15) is 4.79 Å². The lowest BCUT2D eigenvalue weighted by Gasteiger charge is -2.32. The number of aliphatic imine (C=N–C) groups is 1. The first-order valence-electron chi connectivity index (χ1n) is 8.52. The molecule has 3 rings (SSSR count).